The van der Waals surface area contributed by atoms with E-state index in [1.54, 1.807) is 23.9 Å². The van der Waals surface area contributed by atoms with Crippen molar-refractivity contribution >= 4 is 11.5 Å². The van der Waals surface area contributed by atoms with E-state index in [9.17, 15) is 0 Å². The lowest BCUT2D eigenvalue weighted by Gasteiger charge is -2.01. The summed E-state index contributed by atoms with van der Waals surface area (Å²) in [5.41, 5.74) is 8.42. The fourth-order valence-electron chi connectivity index (χ4n) is 1.94. The molecular weight excluding hydrogens is 228 g/mol. The van der Waals surface area contributed by atoms with Crippen LogP contribution in [0.25, 0.3) is 16.9 Å². The number of anilines is 1. The van der Waals surface area contributed by atoms with Gasteiger partial charge in [-0.3, -0.25) is 9.38 Å². The number of hydrogen-bond donors (Lipinski definition) is 1. The van der Waals surface area contributed by atoms with Crippen LogP contribution in [0.5, 0.6) is 5.75 Å². The van der Waals surface area contributed by atoms with E-state index in [2.05, 4.69) is 9.97 Å². The van der Waals surface area contributed by atoms with Crippen molar-refractivity contribution in [3.05, 3.63) is 42.9 Å². The van der Waals surface area contributed by atoms with E-state index < -0.39 is 0 Å². The Labute approximate surface area is 104 Å². The summed E-state index contributed by atoms with van der Waals surface area (Å²) in [7, 11) is 1.62. The molecule has 18 heavy (non-hydrogen) atoms. The standard InChI is InChI=1S/C13H12N4O/c1-18-10-5-3-7-17-12(14)11(16-13(10)17)9-4-2-6-15-8-9/h2-8H,14H2,1H3. The van der Waals surface area contributed by atoms with Gasteiger partial charge in [0.2, 0.25) is 0 Å². The van der Waals surface area contributed by atoms with Gasteiger partial charge in [0.15, 0.2) is 11.4 Å². The van der Waals surface area contributed by atoms with Crippen LogP contribution in [0.4, 0.5) is 5.82 Å². The SMILES string of the molecule is COc1cccn2c(N)c(-c3cccnc3)nc12. The fraction of sp³-hybridized carbons (Fsp3) is 0.0769. The number of pyridine rings is 2. The Balaban J connectivity index is 2.29. The van der Waals surface area contributed by atoms with E-state index in [1.807, 2.05) is 30.5 Å². The van der Waals surface area contributed by atoms with Crippen LogP contribution in [0.1, 0.15) is 0 Å². The number of nitrogens with zero attached hydrogens (tertiary/aromatic N) is 3. The van der Waals surface area contributed by atoms with Crippen molar-refractivity contribution in [3.63, 3.8) is 0 Å². The van der Waals surface area contributed by atoms with Gasteiger partial charge < -0.3 is 10.5 Å². The first-order valence-electron chi connectivity index (χ1n) is 5.52. The molecule has 0 aromatic carbocycles. The van der Waals surface area contributed by atoms with Crippen molar-refractivity contribution in [2.45, 2.75) is 0 Å². The van der Waals surface area contributed by atoms with Gasteiger partial charge in [-0.15, -0.1) is 0 Å². The first kappa shape index (κ1) is 10.6. The van der Waals surface area contributed by atoms with E-state index in [0.29, 0.717) is 22.9 Å². The highest BCUT2D eigenvalue weighted by Crippen LogP contribution is 2.29. The molecule has 0 saturated carbocycles. The van der Waals surface area contributed by atoms with Crippen LogP contribution in [-0.2, 0) is 0 Å². The minimum Gasteiger partial charge on any atom is -0.493 e. The maximum absolute atomic E-state index is 6.11. The van der Waals surface area contributed by atoms with Gasteiger partial charge >= 0.3 is 0 Å². The van der Waals surface area contributed by atoms with E-state index in [0.717, 1.165) is 5.56 Å². The zero-order valence-corrected chi connectivity index (χ0v) is 9.87. The third-order valence-electron chi connectivity index (χ3n) is 2.81. The molecule has 3 aromatic heterocycles. The highest BCUT2D eigenvalue weighted by Gasteiger charge is 2.13. The molecule has 0 amide bonds. The fourth-order valence-corrected chi connectivity index (χ4v) is 1.94. The molecule has 5 nitrogen and oxygen atoms in total. The Bertz CT molecular complexity index is 691. The number of methoxy groups -OCH3 is 1. The van der Waals surface area contributed by atoms with Crippen molar-refractivity contribution in [2.75, 3.05) is 12.8 Å². The maximum atomic E-state index is 6.11. The van der Waals surface area contributed by atoms with E-state index in [-0.39, 0.29) is 0 Å². The number of nitrogen functional groups attached to an aromatic ring is 1. The summed E-state index contributed by atoms with van der Waals surface area (Å²) in [4.78, 5) is 8.61. The molecule has 0 fully saturated rings. The number of hydrogen-bond acceptors (Lipinski definition) is 4. The smallest absolute Gasteiger partial charge is 0.181 e. The van der Waals surface area contributed by atoms with Gasteiger partial charge in [0, 0.05) is 24.2 Å². The minimum absolute atomic E-state index is 0.580. The molecule has 0 bridgehead atoms. The van der Waals surface area contributed by atoms with Gasteiger partial charge in [-0.2, -0.15) is 0 Å². The van der Waals surface area contributed by atoms with Crippen LogP contribution in [0.2, 0.25) is 0 Å². The molecule has 0 aliphatic rings. The predicted octanol–water partition coefficient (Wildman–Crippen LogP) is 1.99. The number of rotatable bonds is 2. The van der Waals surface area contributed by atoms with Crippen molar-refractivity contribution < 1.29 is 4.74 Å². The molecular formula is C13H12N4O. The van der Waals surface area contributed by atoms with Gasteiger partial charge in [0.05, 0.1) is 7.11 Å². The monoisotopic (exact) mass is 240 g/mol. The summed E-state index contributed by atoms with van der Waals surface area (Å²) in [6, 6.07) is 7.51. The zero-order valence-electron chi connectivity index (χ0n) is 9.87. The Morgan fingerprint density at radius 1 is 1.28 bits per heavy atom. The minimum atomic E-state index is 0.580. The average Bonchev–Trinajstić information content (AvgIpc) is 2.77. The van der Waals surface area contributed by atoms with Crippen LogP contribution in [-0.4, -0.2) is 21.5 Å². The summed E-state index contributed by atoms with van der Waals surface area (Å²) in [6.45, 7) is 0. The molecule has 90 valence electrons. The van der Waals surface area contributed by atoms with E-state index >= 15 is 0 Å². The van der Waals surface area contributed by atoms with Crippen LogP contribution in [0, 0.1) is 0 Å². The van der Waals surface area contributed by atoms with Gasteiger partial charge in [0.25, 0.3) is 0 Å². The molecule has 0 radical (unpaired) electrons. The van der Waals surface area contributed by atoms with Crippen molar-refractivity contribution in [3.8, 4) is 17.0 Å². The van der Waals surface area contributed by atoms with Crippen molar-refractivity contribution in [1.82, 2.24) is 14.4 Å². The summed E-state index contributed by atoms with van der Waals surface area (Å²) in [6.07, 6.45) is 5.32. The number of aromatic nitrogens is 3. The first-order valence-corrected chi connectivity index (χ1v) is 5.52. The average molecular weight is 240 g/mol. The third-order valence-corrected chi connectivity index (χ3v) is 2.81. The molecule has 0 aliphatic heterocycles. The summed E-state index contributed by atoms with van der Waals surface area (Å²) in [5, 5.41) is 0. The molecule has 0 unspecified atom stereocenters. The normalized spacial score (nSPS) is 10.7. The van der Waals surface area contributed by atoms with Gasteiger partial charge in [-0.25, -0.2) is 4.98 Å². The Kier molecular flexibility index (Phi) is 2.37. The molecule has 3 aromatic rings. The third kappa shape index (κ3) is 1.48. The summed E-state index contributed by atoms with van der Waals surface area (Å²) < 4.78 is 7.08. The second kappa shape index (κ2) is 4.03. The lowest BCUT2D eigenvalue weighted by molar-refractivity contribution is 0.417. The molecule has 0 spiro atoms. The quantitative estimate of drug-likeness (QED) is 0.744. The Morgan fingerprint density at radius 2 is 2.17 bits per heavy atom. The van der Waals surface area contributed by atoms with Crippen LogP contribution in [0.3, 0.4) is 0 Å². The number of fused-ring (bicyclic) bond motifs is 1. The molecule has 2 N–H and O–H groups in total. The lowest BCUT2D eigenvalue weighted by Crippen LogP contribution is -1.95. The molecule has 0 saturated heterocycles. The van der Waals surface area contributed by atoms with E-state index in [1.165, 1.54) is 0 Å². The molecule has 0 atom stereocenters. The van der Waals surface area contributed by atoms with E-state index in [4.69, 9.17) is 10.5 Å². The molecule has 0 aliphatic carbocycles. The van der Waals surface area contributed by atoms with Crippen LogP contribution < -0.4 is 10.5 Å². The van der Waals surface area contributed by atoms with Crippen LogP contribution in [0.15, 0.2) is 42.9 Å². The highest BCUT2D eigenvalue weighted by molar-refractivity contribution is 5.76. The molecule has 5 heteroatoms. The highest BCUT2D eigenvalue weighted by atomic mass is 16.5. The van der Waals surface area contributed by atoms with Crippen molar-refractivity contribution in [1.29, 1.82) is 0 Å². The molecule has 3 heterocycles. The zero-order chi connectivity index (χ0) is 12.5. The van der Waals surface area contributed by atoms with Crippen molar-refractivity contribution in [2.24, 2.45) is 0 Å². The largest absolute Gasteiger partial charge is 0.493 e. The van der Waals surface area contributed by atoms with Gasteiger partial charge in [-0.05, 0) is 24.3 Å². The number of ether oxygens (including phenoxy) is 1. The first-order chi connectivity index (χ1) is 8.81. The predicted molar refractivity (Wildman–Crippen MR) is 69.4 cm³/mol. The molecule has 3 rings (SSSR count). The topological polar surface area (TPSA) is 65.4 Å². The Hall–Kier alpha value is -2.56. The number of nitrogens with two attached hydrogens (primary N) is 1. The summed E-state index contributed by atoms with van der Waals surface area (Å²) in [5.74, 6) is 1.27. The van der Waals surface area contributed by atoms with Crippen LogP contribution >= 0.6 is 0 Å². The number of imidazole rings is 1. The second-order valence-corrected chi connectivity index (χ2v) is 3.86. The van der Waals surface area contributed by atoms with Gasteiger partial charge in [-0.1, -0.05) is 0 Å². The van der Waals surface area contributed by atoms with Gasteiger partial charge in [0.1, 0.15) is 11.5 Å². The lowest BCUT2D eigenvalue weighted by atomic mass is 10.2. The second-order valence-electron chi connectivity index (χ2n) is 3.86. The Morgan fingerprint density at radius 3 is 2.89 bits per heavy atom. The summed E-state index contributed by atoms with van der Waals surface area (Å²) >= 11 is 0. The maximum Gasteiger partial charge on any atom is 0.181 e.